The van der Waals surface area contributed by atoms with Gasteiger partial charge in [0.1, 0.15) is 23.5 Å². The van der Waals surface area contributed by atoms with Crippen LogP contribution in [-0.4, -0.2) is 48.6 Å². The van der Waals surface area contributed by atoms with Crippen molar-refractivity contribution >= 4 is 17.7 Å². The van der Waals surface area contributed by atoms with E-state index in [4.69, 9.17) is 25.1 Å². The summed E-state index contributed by atoms with van der Waals surface area (Å²) in [6.45, 7) is 5.54. The van der Waals surface area contributed by atoms with Gasteiger partial charge in [0.05, 0.1) is 6.61 Å². The summed E-state index contributed by atoms with van der Waals surface area (Å²) < 4.78 is 16.4. The molecule has 29 heavy (non-hydrogen) atoms. The Kier molecular flexibility index (Phi) is 10.3. The molecular formula is C21H34N2O6. The van der Waals surface area contributed by atoms with E-state index in [1.165, 1.54) is 0 Å². The van der Waals surface area contributed by atoms with Gasteiger partial charge >= 0.3 is 12.1 Å². The number of aliphatic hydroxyl groups excluding tert-OH is 1. The lowest BCUT2D eigenvalue weighted by molar-refractivity contribution is -0.151. The van der Waals surface area contributed by atoms with Crippen molar-refractivity contribution in [3.63, 3.8) is 0 Å². The number of benzene rings is 1. The standard InChI is InChI=1S/C20H30N2O5.CH4O/c1-20(2,3)27-19(24)22-17(18(23)26-16-6-4-5-7-16)12-13-25-15-10-8-14(21)9-11-15;1-2/h8-11,16-17H,4-7,12-13,21H2,1-3H3,(H,22,24);2H,1H3. The van der Waals surface area contributed by atoms with Crippen LogP contribution in [0.25, 0.3) is 0 Å². The van der Waals surface area contributed by atoms with Gasteiger partial charge in [-0.2, -0.15) is 0 Å². The Morgan fingerprint density at radius 3 is 2.31 bits per heavy atom. The Labute approximate surface area is 172 Å². The number of carbonyl (C=O) groups is 2. The van der Waals surface area contributed by atoms with E-state index >= 15 is 0 Å². The second-order valence-electron chi connectivity index (χ2n) is 7.75. The number of esters is 1. The van der Waals surface area contributed by atoms with Gasteiger partial charge in [-0.3, -0.25) is 0 Å². The number of aliphatic hydroxyl groups is 1. The second kappa shape index (κ2) is 12.2. The summed E-state index contributed by atoms with van der Waals surface area (Å²) in [5.74, 6) is 0.193. The van der Waals surface area contributed by atoms with E-state index in [1.54, 1.807) is 45.0 Å². The molecule has 0 heterocycles. The molecule has 1 atom stereocenters. The first-order chi connectivity index (χ1) is 13.7. The molecule has 1 aromatic carbocycles. The Morgan fingerprint density at radius 2 is 1.76 bits per heavy atom. The zero-order chi connectivity index (χ0) is 21.9. The first kappa shape index (κ1) is 24.6. The summed E-state index contributed by atoms with van der Waals surface area (Å²) in [6.07, 6.45) is 3.40. The maximum Gasteiger partial charge on any atom is 0.408 e. The van der Waals surface area contributed by atoms with Gasteiger partial charge in [0.15, 0.2) is 0 Å². The molecule has 4 N–H and O–H groups in total. The molecular weight excluding hydrogens is 376 g/mol. The fourth-order valence-electron chi connectivity index (χ4n) is 2.81. The number of nitrogens with one attached hydrogen (secondary N) is 1. The maximum atomic E-state index is 12.5. The van der Waals surface area contributed by atoms with Gasteiger partial charge in [-0.15, -0.1) is 0 Å². The van der Waals surface area contributed by atoms with Crippen LogP contribution in [0.3, 0.4) is 0 Å². The fourth-order valence-corrected chi connectivity index (χ4v) is 2.81. The molecule has 1 amide bonds. The largest absolute Gasteiger partial charge is 0.493 e. The van der Waals surface area contributed by atoms with Crippen LogP contribution in [0, 0.1) is 0 Å². The first-order valence-corrected chi connectivity index (χ1v) is 9.86. The minimum atomic E-state index is -0.825. The highest BCUT2D eigenvalue weighted by Gasteiger charge is 2.28. The first-order valence-electron chi connectivity index (χ1n) is 9.86. The van der Waals surface area contributed by atoms with Gasteiger partial charge in [-0.05, 0) is 70.7 Å². The minimum Gasteiger partial charge on any atom is -0.493 e. The van der Waals surface area contributed by atoms with Crippen LogP contribution in [0.1, 0.15) is 52.9 Å². The van der Waals surface area contributed by atoms with Crippen LogP contribution in [0.4, 0.5) is 10.5 Å². The number of alkyl carbamates (subject to hydrolysis) is 1. The molecule has 164 valence electrons. The maximum absolute atomic E-state index is 12.5. The number of carbonyl (C=O) groups excluding carboxylic acids is 2. The molecule has 1 aliphatic rings. The van der Waals surface area contributed by atoms with Crippen LogP contribution in [0.5, 0.6) is 5.75 Å². The predicted molar refractivity (Wildman–Crippen MR) is 111 cm³/mol. The van der Waals surface area contributed by atoms with Crippen molar-refractivity contribution in [2.75, 3.05) is 19.5 Å². The van der Waals surface area contributed by atoms with Crippen molar-refractivity contribution in [2.45, 2.75) is 70.6 Å². The average Bonchev–Trinajstić information content (AvgIpc) is 3.15. The average molecular weight is 411 g/mol. The zero-order valence-corrected chi connectivity index (χ0v) is 17.8. The van der Waals surface area contributed by atoms with Crippen LogP contribution >= 0.6 is 0 Å². The third-order valence-electron chi connectivity index (χ3n) is 4.12. The van der Waals surface area contributed by atoms with Crippen LogP contribution < -0.4 is 15.8 Å². The summed E-state index contributed by atoms with van der Waals surface area (Å²) in [6, 6.07) is 6.15. The lowest BCUT2D eigenvalue weighted by Crippen LogP contribution is -2.45. The number of ether oxygens (including phenoxy) is 3. The van der Waals surface area contributed by atoms with Crippen molar-refractivity contribution in [1.82, 2.24) is 5.32 Å². The molecule has 1 unspecified atom stereocenters. The van der Waals surface area contributed by atoms with Crippen molar-refractivity contribution in [3.8, 4) is 5.75 Å². The molecule has 1 fully saturated rings. The van der Waals surface area contributed by atoms with Crippen molar-refractivity contribution in [3.05, 3.63) is 24.3 Å². The highest BCUT2D eigenvalue weighted by Crippen LogP contribution is 2.22. The number of amides is 1. The minimum absolute atomic E-state index is 0.0709. The van der Waals surface area contributed by atoms with E-state index in [2.05, 4.69) is 5.32 Å². The Hall–Kier alpha value is -2.48. The van der Waals surface area contributed by atoms with Gasteiger partial charge in [0.2, 0.25) is 0 Å². The number of hydrogen-bond donors (Lipinski definition) is 3. The molecule has 1 aliphatic carbocycles. The number of anilines is 1. The topological polar surface area (TPSA) is 120 Å². The van der Waals surface area contributed by atoms with E-state index < -0.39 is 23.7 Å². The quantitative estimate of drug-likeness (QED) is 0.467. The van der Waals surface area contributed by atoms with Crippen LogP contribution in [-0.2, 0) is 14.3 Å². The summed E-state index contributed by atoms with van der Waals surface area (Å²) >= 11 is 0. The molecule has 8 heteroatoms. The molecule has 1 aromatic rings. The summed E-state index contributed by atoms with van der Waals surface area (Å²) in [5.41, 5.74) is 5.65. The highest BCUT2D eigenvalue weighted by atomic mass is 16.6. The van der Waals surface area contributed by atoms with Gasteiger partial charge in [-0.1, -0.05) is 0 Å². The van der Waals surface area contributed by atoms with Gasteiger partial charge in [0, 0.05) is 19.2 Å². The fraction of sp³-hybridized carbons (Fsp3) is 0.619. The lowest BCUT2D eigenvalue weighted by Gasteiger charge is -2.24. The van der Waals surface area contributed by atoms with Crippen LogP contribution in [0.2, 0.25) is 0 Å². The van der Waals surface area contributed by atoms with Crippen LogP contribution in [0.15, 0.2) is 24.3 Å². The van der Waals surface area contributed by atoms with Crippen molar-refractivity contribution in [2.24, 2.45) is 0 Å². The predicted octanol–water partition coefficient (Wildman–Crippen LogP) is 3.03. The normalized spacial score (nSPS) is 14.9. The van der Waals surface area contributed by atoms with E-state index in [-0.39, 0.29) is 19.1 Å². The lowest BCUT2D eigenvalue weighted by atomic mass is 10.2. The number of nitrogens with two attached hydrogens (primary N) is 1. The van der Waals surface area contributed by atoms with Gasteiger partial charge < -0.3 is 30.4 Å². The molecule has 0 saturated heterocycles. The highest BCUT2D eigenvalue weighted by molar-refractivity contribution is 5.81. The smallest absolute Gasteiger partial charge is 0.408 e. The molecule has 0 spiro atoms. The van der Waals surface area contributed by atoms with Crippen molar-refractivity contribution < 1.29 is 28.9 Å². The van der Waals surface area contributed by atoms with Gasteiger partial charge in [0.25, 0.3) is 0 Å². The van der Waals surface area contributed by atoms with E-state index in [0.29, 0.717) is 11.4 Å². The third kappa shape index (κ3) is 10.0. The summed E-state index contributed by atoms with van der Waals surface area (Å²) in [5, 5.41) is 9.61. The zero-order valence-electron chi connectivity index (χ0n) is 17.8. The number of rotatable bonds is 7. The van der Waals surface area contributed by atoms with E-state index in [9.17, 15) is 9.59 Å². The monoisotopic (exact) mass is 410 g/mol. The third-order valence-corrected chi connectivity index (χ3v) is 4.12. The molecule has 0 radical (unpaired) electrons. The Balaban J connectivity index is 0.00000204. The van der Waals surface area contributed by atoms with E-state index in [1.807, 2.05) is 0 Å². The molecule has 2 rings (SSSR count). The number of hydrogen-bond acceptors (Lipinski definition) is 7. The Morgan fingerprint density at radius 1 is 1.17 bits per heavy atom. The molecule has 1 saturated carbocycles. The SMILES string of the molecule is CC(C)(C)OC(=O)NC(CCOc1ccc(N)cc1)C(=O)OC1CCCC1.CO. The van der Waals surface area contributed by atoms with Crippen molar-refractivity contribution in [1.29, 1.82) is 0 Å². The molecule has 8 nitrogen and oxygen atoms in total. The molecule has 0 aliphatic heterocycles. The summed E-state index contributed by atoms with van der Waals surface area (Å²) in [7, 11) is 1.00. The number of nitrogen functional groups attached to an aromatic ring is 1. The van der Waals surface area contributed by atoms with E-state index in [0.717, 1.165) is 32.8 Å². The molecule has 0 bridgehead atoms. The summed E-state index contributed by atoms with van der Waals surface area (Å²) in [4.78, 5) is 24.6. The molecule has 0 aromatic heterocycles. The van der Waals surface area contributed by atoms with Gasteiger partial charge in [-0.25, -0.2) is 9.59 Å². The Bertz CT molecular complexity index is 621. The second-order valence-corrected chi connectivity index (χ2v) is 7.75.